The Hall–Kier alpha value is -3.94. The van der Waals surface area contributed by atoms with Gasteiger partial charge >= 0.3 is 0 Å². The quantitative estimate of drug-likeness (QED) is 0.474. The molecule has 7 nitrogen and oxygen atoms in total. The van der Waals surface area contributed by atoms with Crippen molar-refractivity contribution in [1.29, 1.82) is 0 Å². The molecule has 8 heteroatoms. The lowest BCUT2D eigenvalue weighted by Gasteiger charge is -2.36. The largest absolute Gasteiger partial charge is 0.366 e. The van der Waals surface area contributed by atoms with Gasteiger partial charge in [-0.2, -0.15) is 5.10 Å². The van der Waals surface area contributed by atoms with Crippen LogP contribution in [0.25, 0.3) is 27.8 Å². The van der Waals surface area contributed by atoms with Gasteiger partial charge in [-0.25, -0.2) is 14.4 Å². The lowest BCUT2D eigenvalue weighted by molar-refractivity contribution is 0.275. The molecule has 30 heavy (non-hydrogen) atoms. The van der Waals surface area contributed by atoms with Crippen molar-refractivity contribution in [2.24, 2.45) is 0 Å². The molecular formula is C22H18FN7. The number of benzene rings is 2. The van der Waals surface area contributed by atoms with Crippen LogP contribution in [-0.2, 0) is 0 Å². The van der Waals surface area contributed by atoms with E-state index in [0.29, 0.717) is 18.9 Å². The fraction of sp³-hybridized carbons (Fsp3) is 0.136. The average molecular weight is 399 g/mol. The number of nitrogens with zero attached hydrogens (tertiary/aromatic N) is 5. The summed E-state index contributed by atoms with van der Waals surface area (Å²) in [6, 6.07) is 14.0. The normalized spacial score (nSPS) is 14.4. The molecule has 1 aliphatic rings. The van der Waals surface area contributed by atoms with Gasteiger partial charge in [0.2, 0.25) is 0 Å². The van der Waals surface area contributed by atoms with Gasteiger partial charge in [0, 0.05) is 40.9 Å². The number of halogens is 1. The molecule has 1 saturated heterocycles. The van der Waals surface area contributed by atoms with E-state index >= 15 is 0 Å². The molecule has 0 bridgehead atoms. The summed E-state index contributed by atoms with van der Waals surface area (Å²) >= 11 is 0. The van der Waals surface area contributed by atoms with E-state index in [0.717, 1.165) is 39.2 Å². The highest BCUT2D eigenvalue weighted by atomic mass is 19.1. The van der Waals surface area contributed by atoms with Crippen molar-refractivity contribution in [1.82, 2.24) is 24.6 Å². The standard InChI is InChI=1S/C22H18FN7/c23-16-11-30(12-16)18-5-3-17(4-6-18)26-21-22-24-7-8-29(22)13-20(27-21)14-1-2-15-10-25-28-19(15)9-14/h1-10,13,16H,11-12H2,(H,25,28)(H,26,27). The van der Waals surface area contributed by atoms with Gasteiger partial charge in [0.1, 0.15) is 6.17 Å². The third-order valence-corrected chi connectivity index (χ3v) is 5.44. The van der Waals surface area contributed by atoms with Crippen LogP contribution in [0.1, 0.15) is 0 Å². The van der Waals surface area contributed by atoms with Crippen LogP contribution in [0, 0.1) is 0 Å². The number of rotatable bonds is 4. The molecule has 0 spiro atoms. The minimum atomic E-state index is -0.718. The van der Waals surface area contributed by atoms with Gasteiger partial charge in [-0.05, 0) is 30.3 Å². The van der Waals surface area contributed by atoms with Crippen LogP contribution in [0.5, 0.6) is 0 Å². The van der Waals surface area contributed by atoms with E-state index in [1.54, 1.807) is 12.4 Å². The SMILES string of the molecule is FC1CN(c2ccc(Nc3nc(-c4ccc5cn[nH]c5c4)cn4ccnc34)cc2)C1. The number of aromatic nitrogens is 5. The minimum Gasteiger partial charge on any atom is -0.366 e. The highest BCUT2D eigenvalue weighted by molar-refractivity contribution is 5.84. The Morgan fingerprint density at radius 1 is 1.10 bits per heavy atom. The second kappa shape index (κ2) is 6.55. The van der Waals surface area contributed by atoms with Crippen molar-refractivity contribution >= 4 is 33.7 Å². The van der Waals surface area contributed by atoms with Gasteiger partial charge < -0.3 is 14.6 Å². The molecule has 2 N–H and O–H groups in total. The predicted octanol–water partition coefficient (Wildman–Crippen LogP) is 4.17. The number of H-pyrrole nitrogens is 1. The molecule has 6 rings (SSSR count). The number of hydrogen-bond acceptors (Lipinski definition) is 5. The fourth-order valence-electron chi connectivity index (χ4n) is 3.78. The number of anilines is 3. The molecule has 1 fully saturated rings. The van der Waals surface area contributed by atoms with E-state index < -0.39 is 6.17 Å². The Balaban J connectivity index is 1.35. The third kappa shape index (κ3) is 2.85. The zero-order valence-corrected chi connectivity index (χ0v) is 16.0. The molecule has 0 aliphatic carbocycles. The second-order valence-electron chi connectivity index (χ2n) is 7.48. The van der Waals surface area contributed by atoms with Crippen LogP contribution in [0.2, 0.25) is 0 Å². The van der Waals surface area contributed by atoms with Gasteiger partial charge in [0.05, 0.1) is 30.5 Å². The summed E-state index contributed by atoms with van der Waals surface area (Å²) in [6.07, 6.45) is 6.71. The molecule has 0 unspecified atom stereocenters. The molecule has 2 aromatic carbocycles. The molecule has 0 amide bonds. The lowest BCUT2D eigenvalue weighted by Crippen LogP contribution is -2.48. The van der Waals surface area contributed by atoms with E-state index in [-0.39, 0.29) is 0 Å². The summed E-state index contributed by atoms with van der Waals surface area (Å²) in [6.45, 7) is 0.928. The van der Waals surface area contributed by atoms with E-state index in [1.807, 2.05) is 64.2 Å². The maximum atomic E-state index is 13.1. The molecular weight excluding hydrogens is 381 g/mol. The molecule has 0 radical (unpaired) electrons. The first kappa shape index (κ1) is 17.0. The number of imidazole rings is 1. The third-order valence-electron chi connectivity index (χ3n) is 5.44. The zero-order chi connectivity index (χ0) is 20.1. The highest BCUT2D eigenvalue weighted by Gasteiger charge is 2.26. The fourth-order valence-corrected chi connectivity index (χ4v) is 3.78. The van der Waals surface area contributed by atoms with Crippen molar-refractivity contribution in [3.05, 3.63) is 67.3 Å². The molecule has 3 aromatic heterocycles. The summed E-state index contributed by atoms with van der Waals surface area (Å²) < 4.78 is 15.1. The summed E-state index contributed by atoms with van der Waals surface area (Å²) in [5.41, 5.74) is 5.44. The Kier molecular flexibility index (Phi) is 3.70. The molecule has 1 aliphatic heterocycles. The number of aromatic amines is 1. The topological polar surface area (TPSA) is 74.1 Å². The number of alkyl halides is 1. The summed E-state index contributed by atoms with van der Waals surface area (Å²) in [5.74, 6) is 0.669. The Bertz CT molecular complexity index is 1350. The van der Waals surface area contributed by atoms with Gasteiger partial charge in [0.15, 0.2) is 11.5 Å². The van der Waals surface area contributed by atoms with Crippen LogP contribution in [0.4, 0.5) is 21.6 Å². The Labute approximate surface area is 171 Å². The molecule has 5 aromatic rings. The molecule has 4 heterocycles. The average Bonchev–Trinajstić information content (AvgIpc) is 3.41. The van der Waals surface area contributed by atoms with Crippen molar-refractivity contribution in [3.8, 4) is 11.3 Å². The van der Waals surface area contributed by atoms with Crippen molar-refractivity contribution in [2.45, 2.75) is 6.17 Å². The maximum Gasteiger partial charge on any atom is 0.180 e. The Morgan fingerprint density at radius 3 is 2.80 bits per heavy atom. The summed E-state index contributed by atoms with van der Waals surface area (Å²) in [5, 5.41) is 11.5. The molecule has 148 valence electrons. The van der Waals surface area contributed by atoms with Crippen LogP contribution in [0.15, 0.2) is 67.3 Å². The van der Waals surface area contributed by atoms with E-state index in [4.69, 9.17) is 4.98 Å². The van der Waals surface area contributed by atoms with E-state index in [1.165, 1.54) is 0 Å². The van der Waals surface area contributed by atoms with Crippen LogP contribution in [0.3, 0.4) is 0 Å². The van der Waals surface area contributed by atoms with Gasteiger partial charge in [-0.1, -0.05) is 12.1 Å². The summed E-state index contributed by atoms with van der Waals surface area (Å²) in [4.78, 5) is 11.3. The van der Waals surface area contributed by atoms with Crippen molar-refractivity contribution < 1.29 is 4.39 Å². The van der Waals surface area contributed by atoms with Crippen LogP contribution >= 0.6 is 0 Å². The van der Waals surface area contributed by atoms with Crippen LogP contribution < -0.4 is 10.2 Å². The van der Waals surface area contributed by atoms with E-state index in [2.05, 4.69) is 20.5 Å². The number of fused-ring (bicyclic) bond motifs is 2. The van der Waals surface area contributed by atoms with Crippen molar-refractivity contribution in [3.63, 3.8) is 0 Å². The Morgan fingerprint density at radius 2 is 1.97 bits per heavy atom. The second-order valence-corrected chi connectivity index (χ2v) is 7.48. The maximum absolute atomic E-state index is 13.1. The predicted molar refractivity (Wildman–Crippen MR) is 115 cm³/mol. The molecule has 0 saturated carbocycles. The lowest BCUT2D eigenvalue weighted by atomic mass is 10.1. The number of hydrogen-bond donors (Lipinski definition) is 2. The first-order valence-corrected chi connectivity index (χ1v) is 9.76. The number of nitrogens with one attached hydrogen (secondary N) is 2. The van der Waals surface area contributed by atoms with Gasteiger partial charge in [0.25, 0.3) is 0 Å². The monoisotopic (exact) mass is 399 g/mol. The smallest absolute Gasteiger partial charge is 0.180 e. The van der Waals surface area contributed by atoms with Crippen LogP contribution in [-0.4, -0.2) is 43.8 Å². The van der Waals surface area contributed by atoms with Gasteiger partial charge in [-0.3, -0.25) is 5.10 Å². The molecule has 0 atom stereocenters. The van der Waals surface area contributed by atoms with Gasteiger partial charge in [-0.15, -0.1) is 0 Å². The zero-order valence-electron chi connectivity index (χ0n) is 16.0. The minimum absolute atomic E-state index is 0.464. The van der Waals surface area contributed by atoms with E-state index in [9.17, 15) is 4.39 Å². The highest BCUT2D eigenvalue weighted by Crippen LogP contribution is 2.28. The summed E-state index contributed by atoms with van der Waals surface area (Å²) in [7, 11) is 0. The van der Waals surface area contributed by atoms with Crippen molar-refractivity contribution in [2.75, 3.05) is 23.3 Å². The first-order valence-electron chi connectivity index (χ1n) is 9.76. The first-order chi connectivity index (χ1) is 14.7.